The number of nitrogens with zero attached hydrogens (tertiary/aromatic N) is 3. The Kier molecular flexibility index (Phi) is 6.92. The fourth-order valence-electron chi connectivity index (χ4n) is 3.02. The van der Waals surface area contributed by atoms with Crippen LogP contribution in [-0.4, -0.2) is 17.1 Å². The molecule has 0 unspecified atom stereocenters. The monoisotopic (exact) mass is 427 g/mol. The van der Waals surface area contributed by atoms with Crippen LogP contribution in [0.5, 0.6) is 17.4 Å². The predicted octanol–water partition coefficient (Wildman–Crippen LogP) is 5.94. The summed E-state index contributed by atoms with van der Waals surface area (Å²) in [6, 6.07) is 10.9. The number of hydrogen-bond donors (Lipinski definition) is 0. The smallest absolute Gasteiger partial charge is 0.236 e. The number of pyridine rings is 2. The summed E-state index contributed by atoms with van der Waals surface area (Å²) in [5.41, 5.74) is 3.28. The molecule has 0 saturated carbocycles. The summed E-state index contributed by atoms with van der Waals surface area (Å²) < 4.78 is 11.4. The second kappa shape index (κ2) is 9.60. The first-order chi connectivity index (χ1) is 14.0. The van der Waals surface area contributed by atoms with Crippen LogP contribution < -0.4 is 9.47 Å². The lowest BCUT2D eigenvalue weighted by Gasteiger charge is -2.17. The number of ether oxygens (including phenoxy) is 2. The second-order valence-electron chi connectivity index (χ2n) is 6.43. The minimum absolute atomic E-state index is 0.287. The third kappa shape index (κ3) is 5.17. The van der Waals surface area contributed by atoms with Crippen molar-refractivity contribution in [3.8, 4) is 23.4 Å². The molecular weight excluding hydrogens is 409 g/mol. The molecule has 5 nitrogen and oxygen atoms in total. The first-order valence-corrected chi connectivity index (χ1v) is 9.77. The lowest BCUT2D eigenvalue weighted by molar-refractivity contribution is 0.390. The number of benzene rings is 1. The third-order valence-electron chi connectivity index (χ3n) is 4.42. The molecule has 0 aliphatic rings. The average molecular weight is 428 g/mol. The Morgan fingerprint density at radius 3 is 2.55 bits per heavy atom. The Labute approximate surface area is 179 Å². The number of aromatic nitrogens is 2. The van der Waals surface area contributed by atoms with E-state index in [2.05, 4.69) is 16.0 Å². The number of halogens is 2. The van der Waals surface area contributed by atoms with Gasteiger partial charge >= 0.3 is 0 Å². The lowest BCUT2D eigenvalue weighted by atomic mass is 10.0. The normalized spacial score (nSPS) is 10.4. The van der Waals surface area contributed by atoms with E-state index in [9.17, 15) is 5.26 Å². The minimum atomic E-state index is 0.287. The molecular formula is C22H19Cl2N3O2. The zero-order valence-corrected chi connectivity index (χ0v) is 17.6. The molecule has 7 heteroatoms. The molecule has 0 fully saturated rings. The van der Waals surface area contributed by atoms with Crippen molar-refractivity contribution in [1.82, 2.24) is 9.97 Å². The molecule has 29 heavy (non-hydrogen) atoms. The fraction of sp³-hybridized carbons (Fsp3) is 0.227. The number of methoxy groups -OCH3 is 1. The van der Waals surface area contributed by atoms with Gasteiger partial charge in [0.05, 0.1) is 18.7 Å². The fourth-order valence-corrected chi connectivity index (χ4v) is 3.52. The van der Waals surface area contributed by atoms with Gasteiger partial charge in [-0.1, -0.05) is 23.2 Å². The van der Waals surface area contributed by atoms with Gasteiger partial charge in [0.15, 0.2) is 5.75 Å². The van der Waals surface area contributed by atoms with Gasteiger partial charge in [-0.3, -0.25) is 4.98 Å². The lowest BCUT2D eigenvalue weighted by Crippen LogP contribution is -2.03. The topological polar surface area (TPSA) is 68.0 Å². The standard InChI is InChI=1S/C22H19Cl2N3O2/c1-14-19(5-3-4-15-6-8-26-9-7-15)21(20(24)22(27-14)28-2)29-18-11-16(13-25)10-17(23)12-18/h6-12H,3-5H2,1-2H3. The van der Waals surface area contributed by atoms with Gasteiger partial charge in [0.1, 0.15) is 10.8 Å². The summed E-state index contributed by atoms with van der Waals surface area (Å²) in [5, 5.41) is 9.88. The molecule has 0 saturated heterocycles. The van der Waals surface area contributed by atoms with Crippen molar-refractivity contribution in [2.75, 3.05) is 7.11 Å². The van der Waals surface area contributed by atoms with Crippen molar-refractivity contribution in [3.63, 3.8) is 0 Å². The maximum Gasteiger partial charge on any atom is 0.236 e. The first kappa shape index (κ1) is 20.9. The second-order valence-corrected chi connectivity index (χ2v) is 7.24. The van der Waals surface area contributed by atoms with Crippen LogP contribution in [0, 0.1) is 18.3 Å². The SMILES string of the molecule is COc1nc(C)c(CCCc2ccncc2)c(Oc2cc(Cl)cc(C#N)c2)c1Cl. The highest BCUT2D eigenvalue weighted by molar-refractivity contribution is 6.33. The quantitative estimate of drug-likeness (QED) is 0.466. The molecule has 0 aliphatic heterocycles. The molecule has 0 aliphatic carbocycles. The van der Waals surface area contributed by atoms with Crippen LogP contribution in [0.2, 0.25) is 10.0 Å². The minimum Gasteiger partial charge on any atom is -0.480 e. The van der Waals surface area contributed by atoms with Crippen LogP contribution in [-0.2, 0) is 12.8 Å². The van der Waals surface area contributed by atoms with Crippen LogP contribution in [0.3, 0.4) is 0 Å². The summed E-state index contributed by atoms with van der Waals surface area (Å²) in [7, 11) is 1.51. The molecule has 3 aromatic rings. The summed E-state index contributed by atoms with van der Waals surface area (Å²) in [6.45, 7) is 1.89. The molecule has 0 radical (unpaired) electrons. The number of rotatable bonds is 7. The molecule has 1 aromatic carbocycles. The van der Waals surface area contributed by atoms with Gasteiger partial charge in [0.2, 0.25) is 5.88 Å². The Balaban J connectivity index is 1.92. The predicted molar refractivity (Wildman–Crippen MR) is 113 cm³/mol. The molecule has 3 rings (SSSR count). The van der Waals surface area contributed by atoms with Gasteiger partial charge in [0, 0.05) is 28.7 Å². The zero-order chi connectivity index (χ0) is 20.8. The highest BCUT2D eigenvalue weighted by atomic mass is 35.5. The van der Waals surface area contributed by atoms with E-state index < -0.39 is 0 Å². The molecule has 148 valence electrons. The van der Waals surface area contributed by atoms with Crippen LogP contribution in [0.25, 0.3) is 0 Å². The van der Waals surface area contributed by atoms with E-state index in [4.69, 9.17) is 32.7 Å². The van der Waals surface area contributed by atoms with Gasteiger partial charge in [-0.25, -0.2) is 4.98 Å². The van der Waals surface area contributed by atoms with Crippen molar-refractivity contribution in [2.45, 2.75) is 26.2 Å². The van der Waals surface area contributed by atoms with Crippen molar-refractivity contribution < 1.29 is 9.47 Å². The van der Waals surface area contributed by atoms with E-state index in [1.807, 2.05) is 19.1 Å². The van der Waals surface area contributed by atoms with E-state index in [-0.39, 0.29) is 5.02 Å². The Morgan fingerprint density at radius 2 is 1.86 bits per heavy atom. The van der Waals surface area contributed by atoms with E-state index >= 15 is 0 Å². The maximum atomic E-state index is 9.19. The van der Waals surface area contributed by atoms with Crippen LogP contribution in [0.15, 0.2) is 42.7 Å². The summed E-state index contributed by atoms with van der Waals surface area (Å²) >= 11 is 12.6. The average Bonchev–Trinajstić information content (AvgIpc) is 2.72. The molecule has 0 bridgehead atoms. The van der Waals surface area contributed by atoms with E-state index in [0.29, 0.717) is 34.4 Å². The molecule has 0 amide bonds. The van der Waals surface area contributed by atoms with Gasteiger partial charge in [-0.2, -0.15) is 5.26 Å². The highest BCUT2D eigenvalue weighted by Gasteiger charge is 2.20. The van der Waals surface area contributed by atoms with E-state index in [1.165, 1.54) is 12.7 Å². The largest absolute Gasteiger partial charge is 0.480 e. The molecule has 2 heterocycles. The van der Waals surface area contributed by atoms with Crippen LogP contribution in [0.4, 0.5) is 0 Å². The van der Waals surface area contributed by atoms with Gasteiger partial charge in [-0.05, 0) is 62.1 Å². The molecule has 0 spiro atoms. The molecule has 0 N–H and O–H groups in total. The van der Waals surface area contributed by atoms with E-state index in [1.54, 1.807) is 30.6 Å². The van der Waals surface area contributed by atoms with Crippen molar-refractivity contribution in [2.24, 2.45) is 0 Å². The summed E-state index contributed by atoms with van der Waals surface area (Å²) in [6.07, 6.45) is 6.05. The summed E-state index contributed by atoms with van der Waals surface area (Å²) in [5.74, 6) is 1.19. The van der Waals surface area contributed by atoms with E-state index in [0.717, 1.165) is 24.1 Å². The van der Waals surface area contributed by atoms with Crippen LogP contribution >= 0.6 is 23.2 Å². The number of hydrogen-bond acceptors (Lipinski definition) is 5. The van der Waals surface area contributed by atoms with Gasteiger partial charge < -0.3 is 9.47 Å². The van der Waals surface area contributed by atoms with Crippen LogP contribution in [0.1, 0.15) is 28.8 Å². The van der Waals surface area contributed by atoms with Crippen molar-refractivity contribution >= 4 is 23.2 Å². The Bertz CT molecular complexity index is 1050. The highest BCUT2D eigenvalue weighted by Crippen LogP contribution is 2.41. The Hall–Kier alpha value is -2.81. The zero-order valence-electron chi connectivity index (χ0n) is 16.1. The Morgan fingerprint density at radius 1 is 1.10 bits per heavy atom. The van der Waals surface area contributed by atoms with Crippen molar-refractivity contribution in [1.29, 1.82) is 5.26 Å². The third-order valence-corrected chi connectivity index (χ3v) is 4.97. The molecule has 2 aromatic heterocycles. The number of aryl methyl sites for hydroxylation is 2. The summed E-state index contributed by atoms with van der Waals surface area (Å²) in [4.78, 5) is 8.49. The van der Waals surface area contributed by atoms with Crippen molar-refractivity contribution in [3.05, 3.63) is 75.2 Å². The number of nitriles is 1. The maximum absolute atomic E-state index is 9.19. The molecule has 0 atom stereocenters. The van der Waals surface area contributed by atoms with Gasteiger partial charge in [-0.15, -0.1) is 0 Å². The first-order valence-electron chi connectivity index (χ1n) is 9.02. The van der Waals surface area contributed by atoms with Gasteiger partial charge in [0.25, 0.3) is 0 Å².